The van der Waals surface area contributed by atoms with E-state index in [1.54, 1.807) is 0 Å². The highest BCUT2D eigenvalue weighted by molar-refractivity contribution is 9.10. The maximum atomic E-state index is 3.52. The fourth-order valence-corrected chi connectivity index (χ4v) is 4.01. The van der Waals surface area contributed by atoms with Crippen LogP contribution in [0.3, 0.4) is 0 Å². The molecule has 1 aromatic heterocycles. The lowest BCUT2D eigenvalue weighted by Gasteiger charge is -2.31. The first-order valence-electron chi connectivity index (χ1n) is 6.31. The second-order valence-corrected chi connectivity index (χ2v) is 6.80. The van der Waals surface area contributed by atoms with Crippen LogP contribution >= 0.6 is 27.3 Å². The number of thiophene rings is 1. The number of hydrogen-bond acceptors (Lipinski definition) is 3. The SMILES string of the molecule is CNC1CCC(CN(C)c2cc(Br)cs2)CC1. The molecule has 0 spiro atoms. The van der Waals surface area contributed by atoms with Crippen LogP contribution in [-0.4, -0.2) is 26.7 Å². The van der Waals surface area contributed by atoms with Gasteiger partial charge in [-0.2, -0.15) is 0 Å². The van der Waals surface area contributed by atoms with Crippen molar-refractivity contribution in [1.82, 2.24) is 5.32 Å². The third-order valence-electron chi connectivity index (χ3n) is 3.72. The van der Waals surface area contributed by atoms with Gasteiger partial charge in [0.2, 0.25) is 0 Å². The Balaban J connectivity index is 1.81. The monoisotopic (exact) mass is 316 g/mol. The minimum atomic E-state index is 0.757. The quantitative estimate of drug-likeness (QED) is 0.910. The maximum absolute atomic E-state index is 3.52. The zero-order valence-corrected chi connectivity index (χ0v) is 13.0. The number of nitrogens with zero attached hydrogens (tertiary/aromatic N) is 1. The minimum absolute atomic E-state index is 0.757. The van der Waals surface area contributed by atoms with Crippen LogP contribution < -0.4 is 10.2 Å². The van der Waals surface area contributed by atoms with Crippen molar-refractivity contribution in [2.75, 3.05) is 25.5 Å². The summed E-state index contributed by atoms with van der Waals surface area (Å²) in [7, 11) is 4.29. The van der Waals surface area contributed by atoms with E-state index in [0.29, 0.717) is 0 Å². The third-order valence-corrected chi connectivity index (χ3v) is 5.52. The summed E-state index contributed by atoms with van der Waals surface area (Å²) in [6.07, 6.45) is 5.40. The first-order chi connectivity index (χ1) is 8.19. The molecule has 96 valence electrons. The van der Waals surface area contributed by atoms with E-state index in [1.165, 1.54) is 41.7 Å². The highest BCUT2D eigenvalue weighted by Crippen LogP contribution is 2.30. The van der Waals surface area contributed by atoms with Crippen molar-refractivity contribution in [1.29, 1.82) is 0 Å². The largest absolute Gasteiger partial charge is 0.366 e. The predicted molar refractivity (Wildman–Crippen MR) is 80.1 cm³/mol. The Bertz CT molecular complexity index is 345. The van der Waals surface area contributed by atoms with E-state index in [-0.39, 0.29) is 0 Å². The van der Waals surface area contributed by atoms with Crippen LogP contribution in [-0.2, 0) is 0 Å². The van der Waals surface area contributed by atoms with Crippen molar-refractivity contribution >= 4 is 32.3 Å². The lowest BCUT2D eigenvalue weighted by Crippen LogP contribution is -2.34. The van der Waals surface area contributed by atoms with Gasteiger partial charge in [-0.25, -0.2) is 0 Å². The smallest absolute Gasteiger partial charge is 0.0917 e. The van der Waals surface area contributed by atoms with Crippen LogP contribution in [0.25, 0.3) is 0 Å². The average molecular weight is 317 g/mol. The van der Waals surface area contributed by atoms with Gasteiger partial charge in [0.05, 0.1) is 5.00 Å². The molecular formula is C13H21BrN2S. The zero-order valence-electron chi connectivity index (χ0n) is 10.6. The van der Waals surface area contributed by atoms with E-state index in [4.69, 9.17) is 0 Å². The van der Waals surface area contributed by atoms with Crippen LogP contribution in [0.2, 0.25) is 0 Å². The average Bonchev–Trinajstić information content (AvgIpc) is 2.77. The van der Waals surface area contributed by atoms with Gasteiger partial charge < -0.3 is 10.2 Å². The van der Waals surface area contributed by atoms with Crippen LogP contribution in [0.4, 0.5) is 5.00 Å². The Hall–Kier alpha value is -0.0600. The van der Waals surface area contributed by atoms with Gasteiger partial charge in [-0.3, -0.25) is 0 Å². The van der Waals surface area contributed by atoms with E-state index in [0.717, 1.165) is 12.0 Å². The number of rotatable bonds is 4. The normalized spacial score (nSPS) is 24.9. The number of anilines is 1. The molecule has 2 rings (SSSR count). The van der Waals surface area contributed by atoms with Gasteiger partial charge in [0, 0.05) is 29.5 Å². The molecule has 0 aromatic carbocycles. The molecule has 4 heteroatoms. The molecule has 0 radical (unpaired) electrons. The van der Waals surface area contributed by atoms with Gasteiger partial charge >= 0.3 is 0 Å². The molecule has 0 amide bonds. The molecular weight excluding hydrogens is 296 g/mol. The summed E-state index contributed by atoms with van der Waals surface area (Å²) in [4.78, 5) is 2.40. The predicted octanol–water partition coefficient (Wildman–Crippen LogP) is 3.73. The molecule has 1 aliphatic rings. The summed E-state index contributed by atoms with van der Waals surface area (Å²) in [5.74, 6) is 0.866. The van der Waals surface area contributed by atoms with Gasteiger partial charge in [0.1, 0.15) is 0 Å². The third kappa shape index (κ3) is 3.70. The second-order valence-electron chi connectivity index (χ2n) is 4.99. The molecule has 0 saturated heterocycles. The van der Waals surface area contributed by atoms with Gasteiger partial charge in [0.25, 0.3) is 0 Å². The second kappa shape index (κ2) is 6.21. The molecule has 1 fully saturated rings. The molecule has 1 aromatic rings. The van der Waals surface area contributed by atoms with E-state index in [2.05, 4.69) is 51.7 Å². The topological polar surface area (TPSA) is 15.3 Å². The van der Waals surface area contributed by atoms with Crippen molar-refractivity contribution in [3.05, 3.63) is 15.9 Å². The minimum Gasteiger partial charge on any atom is -0.366 e. The van der Waals surface area contributed by atoms with Crippen molar-refractivity contribution < 1.29 is 0 Å². The first kappa shape index (κ1) is 13.4. The van der Waals surface area contributed by atoms with Gasteiger partial charge in [-0.15, -0.1) is 11.3 Å². The Morgan fingerprint density at radius 3 is 2.65 bits per heavy atom. The molecule has 1 saturated carbocycles. The van der Waals surface area contributed by atoms with E-state index >= 15 is 0 Å². The van der Waals surface area contributed by atoms with E-state index in [1.807, 2.05) is 11.3 Å². The maximum Gasteiger partial charge on any atom is 0.0917 e. The molecule has 0 aliphatic heterocycles. The van der Waals surface area contributed by atoms with Crippen LogP contribution in [0, 0.1) is 5.92 Å². The zero-order chi connectivity index (χ0) is 12.3. The van der Waals surface area contributed by atoms with Crippen LogP contribution in [0.5, 0.6) is 0 Å². The number of hydrogen-bond donors (Lipinski definition) is 1. The Kier molecular flexibility index (Phi) is 4.88. The number of nitrogens with one attached hydrogen (secondary N) is 1. The van der Waals surface area contributed by atoms with Crippen LogP contribution in [0.1, 0.15) is 25.7 Å². The van der Waals surface area contributed by atoms with Crippen molar-refractivity contribution in [3.8, 4) is 0 Å². The van der Waals surface area contributed by atoms with E-state index in [9.17, 15) is 0 Å². The summed E-state index contributed by atoms with van der Waals surface area (Å²) < 4.78 is 1.20. The van der Waals surface area contributed by atoms with E-state index < -0.39 is 0 Å². The molecule has 0 unspecified atom stereocenters. The Morgan fingerprint density at radius 1 is 1.41 bits per heavy atom. The van der Waals surface area contributed by atoms with Crippen molar-refractivity contribution in [3.63, 3.8) is 0 Å². The molecule has 0 bridgehead atoms. The highest BCUT2D eigenvalue weighted by atomic mass is 79.9. The molecule has 1 aliphatic carbocycles. The molecule has 1 N–H and O–H groups in total. The van der Waals surface area contributed by atoms with Crippen molar-refractivity contribution in [2.45, 2.75) is 31.7 Å². The summed E-state index contributed by atoms with van der Waals surface area (Å²) in [5, 5.41) is 6.92. The fraction of sp³-hybridized carbons (Fsp3) is 0.692. The van der Waals surface area contributed by atoms with Crippen molar-refractivity contribution in [2.24, 2.45) is 5.92 Å². The summed E-state index contributed by atoms with van der Waals surface area (Å²) in [6.45, 7) is 1.20. The van der Waals surface area contributed by atoms with Gasteiger partial charge in [-0.1, -0.05) is 0 Å². The van der Waals surface area contributed by atoms with Crippen LogP contribution in [0.15, 0.2) is 15.9 Å². The first-order valence-corrected chi connectivity index (χ1v) is 7.98. The summed E-state index contributed by atoms with van der Waals surface area (Å²) in [6, 6.07) is 2.97. The summed E-state index contributed by atoms with van der Waals surface area (Å²) >= 11 is 5.34. The lowest BCUT2D eigenvalue weighted by atomic mass is 9.86. The molecule has 0 atom stereocenters. The molecule has 2 nitrogen and oxygen atoms in total. The molecule has 1 heterocycles. The lowest BCUT2D eigenvalue weighted by molar-refractivity contribution is 0.305. The highest BCUT2D eigenvalue weighted by Gasteiger charge is 2.21. The summed E-state index contributed by atoms with van der Waals surface area (Å²) in [5.41, 5.74) is 0. The Labute approximate surface area is 117 Å². The fourth-order valence-electron chi connectivity index (χ4n) is 2.61. The number of halogens is 1. The standard InChI is InChI=1S/C13H21BrN2S/c1-15-12-5-3-10(4-6-12)8-16(2)13-7-11(14)9-17-13/h7,9-10,12,15H,3-6,8H2,1-2H3. The van der Waals surface area contributed by atoms with Gasteiger partial charge in [-0.05, 0) is 60.6 Å². The van der Waals surface area contributed by atoms with Gasteiger partial charge in [0.15, 0.2) is 0 Å². The molecule has 17 heavy (non-hydrogen) atoms. The Morgan fingerprint density at radius 2 is 2.12 bits per heavy atom.